The summed E-state index contributed by atoms with van der Waals surface area (Å²) in [4.78, 5) is 34.0. The van der Waals surface area contributed by atoms with Gasteiger partial charge in [0, 0.05) is 12.1 Å². The fraction of sp³-hybridized carbons (Fsp3) is 0.500. The van der Waals surface area contributed by atoms with Crippen LogP contribution in [0, 0.1) is 10.1 Å². The number of hydrogen-bond acceptors (Lipinski definition) is 7. The lowest BCUT2D eigenvalue weighted by atomic mass is 10.2. The summed E-state index contributed by atoms with van der Waals surface area (Å²) in [6.07, 6.45) is -1.30. The fourth-order valence-corrected chi connectivity index (χ4v) is 2.17. The number of amides is 1. The zero-order valence-corrected chi connectivity index (χ0v) is 14.2. The van der Waals surface area contributed by atoms with E-state index in [0.29, 0.717) is 0 Å². The Balaban J connectivity index is 1.94. The van der Waals surface area contributed by atoms with E-state index in [2.05, 4.69) is 5.32 Å². The van der Waals surface area contributed by atoms with Crippen LogP contribution in [0.1, 0.15) is 31.1 Å². The quantitative estimate of drug-likeness (QED) is 0.500. The van der Waals surface area contributed by atoms with Gasteiger partial charge in [0.15, 0.2) is 0 Å². The summed E-state index contributed by atoms with van der Waals surface area (Å²) in [7, 11) is 0. The van der Waals surface area contributed by atoms with E-state index in [4.69, 9.17) is 14.2 Å². The van der Waals surface area contributed by atoms with Crippen molar-refractivity contribution in [2.45, 2.75) is 38.5 Å². The molecule has 1 N–H and O–H groups in total. The summed E-state index contributed by atoms with van der Waals surface area (Å²) >= 11 is 0. The molecule has 9 nitrogen and oxygen atoms in total. The lowest BCUT2D eigenvalue weighted by Crippen LogP contribution is -2.46. The monoisotopic (exact) mass is 352 g/mol. The third-order valence-corrected chi connectivity index (χ3v) is 3.30. The van der Waals surface area contributed by atoms with Gasteiger partial charge in [-0.3, -0.25) is 10.1 Å². The van der Waals surface area contributed by atoms with Gasteiger partial charge in [0.25, 0.3) is 5.69 Å². The average molecular weight is 352 g/mol. The van der Waals surface area contributed by atoms with E-state index < -0.39 is 34.7 Å². The van der Waals surface area contributed by atoms with Gasteiger partial charge in [0.05, 0.1) is 29.7 Å². The molecular weight excluding hydrogens is 332 g/mol. The minimum absolute atomic E-state index is 0.120. The summed E-state index contributed by atoms with van der Waals surface area (Å²) in [5.74, 6) is -0.651. The van der Waals surface area contributed by atoms with Gasteiger partial charge in [-0.2, -0.15) is 0 Å². The molecule has 0 unspecified atom stereocenters. The molecule has 1 amide bonds. The number of benzene rings is 1. The molecular formula is C16H20N2O7. The molecule has 25 heavy (non-hydrogen) atoms. The second kappa shape index (κ2) is 7.47. The predicted octanol–water partition coefficient (Wildman–Crippen LogP) is 2.04. The number of non-ortho nitro benzene ring substituents is 1. The standard InChI is InChI=1S/C16H20N2O7/c1-16(2,3)25-15(20)17-12-8-23-9-13(12)24-14(19)10-4-6-11(7-5-10)18(21)22/h4-7,12-13H,8-9H2,1-3H3,(H,17,20)/t12-,13+/m0/s1. The van der Waals surface area contributed by atoms with Crippen LogP contribution in [0.2, 0.25) is 0 Å². The fourth-order valence-electron chi connectivity index (χ4n) is 2.17. The van der Waals surface area contributed by atoms with Crippen molar-refractivity contribution >= 4 is 17.7 Å². The molecule has 9 heteroatoms. The third-order valence-electron chi connectivity index (χ3n) is 3.30. The zero-order valence-electron chi connectivity index (χ0n) is 14.2. The zero-order chi connectivity index (χ0) is 18.6. The molecule has 136 valence electrons. The van der Waals surface area contributed by atoms with E-state index in [1.807, 2.05) is 0 Å². The molecule has 1 aliphatic heterocycles. The molecule has 0 bridgehead atoms. The highest BCUT2D eigenvalue weighted by molar-refractivity contribution is 5.89. The van der Waals surface area contributed by atoms with Crippen molar-refractivity contribution in [3.05, 3.63) is 39.9 Å². The van der Waals surface area contributed by atoms with Crippen molar-refractivity contribution in [3.63, 3.8) is 0 Å². The molecule has 1 aliphatic rings. The number of carbonyl (C=O) groups excluding carboxylic acids is 2. The summed E-state index contributed by atoms with van der Waals surface area (Å²) in [6.45, 7) is 5.55. The van der Waals surface area contributed by atoms with Crippen LogP contribution in [0.5, 0.6) is 0 Å². The Morgan fingerprint density at radius 3 is 2.44 bits per heavy atom. The SMILES string of the molecule is CC(C)(C)OC(=O)N[C@H]1COC[C@H]1OC(=O)c1ccc([N+](=O)[O-])cc1. The molecule has 1 aromatic carbocycles. The first-order valence-corrected chi connectivity index (χ1v) is 7.68. The predicted molar refractivity (Wildman–Crippen MR) is 86.3 cm³/mol. The van der Waals surface area contributed by atoms with Crippen molar-refractivity contribution in [1.29, 1.82) is 0 Å². The maximum Gasteiger partial charge on any atom is 0.408 e. The number of nitrogens with zero attached hydrogens (tertiary/aromatic N) is 1. The van der Waals surface area contributed by atoms with E-state index in [0.717, 1.165) is 0 Å². The highest BCUT2D eigenvalue weighted by Crippen LogP contribution is 2.17. The Kier molecular flexibility index (Phi) is 5.58. The smallest absolute Gasteiger partial charge is 0.408 e. The second-order valence-electron chi connectivity index (χ2n) is 6.54. The van der Waals surface area contributed by atoms with Gasteiger partial charge >= 0.3 is 12.1 Å². The first-order valence-electron chi connectivity index (χ1n) is 7.68. The molecule has 2 rings (SSSR count). The van der Waals surface area contributed by atoms with Crippen LogP contribution in [-0.2, 0) is 14.2 Å². The van der Waals surface area contributed by atoms with Crippen LogP contribution in [0.3, 0.4) is 0 Å². The summed E-state index contributed by atoms with van der Waals surface area (Å²) in [5, 5.41) is 13.2. The Morgan fingerprint density at radius 1 is 1.24 bits per heavy atom. The van der Waals surface area contributed by atoms with Gasteiger partial charge in [-0.25, -0.2) is 9.59 Å². The molecule has 0 saturated carbocycles. The minimum Gasteiger partial charge on any atom is -0.454 e. The highest BCUT2D eigenvalue weighted by atomic mass is 16.6. The minimum atomic E-state index is -0.671. The van der Waals surface area contributed by atoms with Gasteiger partial charge in [-0.15, -0.1) is 0 Å². The molecule has 1 saturated heterocycles. The van der Waals surface area contributed by atoms with Crippen molar-refractivity contribution in [1.82, 2.24) is 5.32 Å². The molecule has 0 aliphatic carbocycles. The van der Waals surface area contributed by atoms with Crippen molar-refractivity contribution in [2.75, 3.05) is 13.2 Å². The number of alkyl carbamates (subject to hydrolysis) is 1. The van der Waals surface area contributed by atoms with E-state index in [1.54, 1.807) is 20.8 Å². The first-order chi connectivity index (χ1) is 11.7. The van der Waals surface area contributed by atoms with Gasteiger partial charge in [0.1, 0.15) is 11.7 Å². The summed E-state index contributed by atoms with van der Waals surface area (Å²) < 4.78 is 15.8. The van der Waals surface area contributed by atoms with Crippen molar-refractivity contribution < 1.29 is 28.7 Å². The highest BCUT2D eigenvalue weighted by Gasteiger charge is 2.34. The van der Waals surface area contributed by atoms with Crippen LogP contribution in [-0.4, -0.2) is 47.9 Å². The van der Waals surface area contributed by atoms with Crippen molar-refractivity contribution in [2.24, 2.45) is 0 Å². The lowest BCUT2D eigenvalue weighted by Gasteiger charge is -2.23. The van der Waals surface area contributed by atoms with E-state index >= 15 is 0 Å². The average Bonchev–Trinajstić information content (AvgIpc) is 2.92. The number of esters is 1. The van der Waals surface area contributed by atoms with Crippen LogP contribution >= 0.6 is 0 Å². The Labute approximate surface area is 144 Å². The molecule has 1 heterocycles. The van der Waals surface area contributed by atoms with Gasteiger partial charge in [-0.1, -0.05) is 0 Å². The maximum absolute atomic E-state index is 12.2. The van der Waals surface area contributed by atoms with Crippen LogP contribution in [0.25, 0.3) is 0 Å². The van der Waals surface area contributed by atoms with E-state index in [1.165, 1.54) is 24.3 Å². The van der Waals surface area contributed by atoms with E-state index in [9.17, 15) is 19.7 Å². The topological polar surface area (TPSA) is 117 Å². The molecule has 0 aromatic heterocycles. The van der Waals surface area contributed by atoms with Gasteiger partial charge < -0.3 is 19.5 Å². The number of nitro benzene ring substituents is 1. The van der Waals surface area contributed by atoms with Crippen molar-refractivity contribution in [3.8, 4) is 0 Å². The molecule has 2 atom stereocenters. The number of ether oxygens (including phenoxy) is 3. The number of carbonyl (C=O) groups is 2. The number of hydrogen-bond donors (Lipinski definition) is 1. The molecule has 1 fully saturated rings. The second-order valence-corrected chi connectivity index (χ2v) is 6.54. The largest absolute Gasteiger partial charge is 0.454 e. The number of nitrogens with one attached hydrogen (secondary N) is 1. The Morgan fingerprint density at radius 2 is 1.88 bits per heavy atom. The summed E-state index contributed by atoms with van der Waals surface area (Å²) in [6, 6.07) is 4.53. The molecule has 0 radical (unpaired) electrons. The van der Waals surface area contributed by atoms with Crippen LogP contribution in [0.15, 0.2) is 24.3 Å². The normalized spacial score (nSPS) is 20.0. The third kappa shape index (κ3) is 5.42. The van der Waals surface area contributed by atoms with Crippen LogP contribution in [0.4, 0.5) is 10.5 Å². The maximum atomic E-state index is 12.2. The Bertz CT molecular complexity index is 651. The number of nitro groups is 1. The van der Waals surface area contributed by atoms with Gasteiger partial charge in [-0.05, 0) is 32.9 Å². The van der Waals surface area contributed by atoms with Crippen LogP contribution < -0.4 is 5.32 Å². The number of rotatable bonds is 4. The molecule has 1 aromatic rings. The summed E-state index contributed by atoms with van der Waals surface area (Å²) in [5.41, 5.74) is -0.590. The lowest BCUT2D eigenvalue weighted by molar-refractivity contribution is -0.384. The molecule has 0 spiro atoms. The van der Waals surface area contributed by atoms with E-state index in [-0.39, 0.29) is 24.5 Å². The Hall–Kier alpha value is -2.68. The van der Waals surface area contributed by atoms with Gasteiger partial charge in [0.2, 0.25) is 0 Å². The first kappa shape index (κ1) is 18.7.